The number of rotatable bonds is 20. The summed E-state index contributed by atoms with van der Waals surface area (Å²) in [6.45, 7) is 2.54. The number of phenolic OH excluding ortho intramolecular Hbond substituents is 1. The van der Waals surface area contributed by atoms with Crippen LogP contribution in [0.1, 0.15) is 120 Å². The van der Waals surface area contributed by atoms with Gasteiger partial charge in [0.2, 0.25) is 35.4 Å². The van der Waals surface area contributed by atoms with Gasteiger partial charge in [-0.2, -0.15) is 0 Å². The lowest BCUT2D eigenvalue weighted by Crippen LogP contribution is -2.64. The average Bonchev–Trinajstić information content (AvgIpc) is 1.78. The van der Waals surface area contributed by atoms with E-state index in [1.54, 1.807) is 18.3 Å². The zero-order chi connectivity index (χ0) is 68.3. The van der Waals surface area contributed by atoms with Gasteiger partial charge in [-0.25, -0.2) is 0 Å². The third kappa shape index (κ3) is 17.7. The number of nitrogens with zero attached hydrogens (tertiary/aromatic N) is 5. The Morgan fingerprint density at radius 2 is 1.42 bits per heavy atom. The Labute approximate surface area is 557 Å². The third-order valence-corrected chi connectivity index (χ3v) is 21.7. The second-order valence-corrected chi connectivity index (χ2v) is 28.1. The first-order valence-corrected chi connectivity index (χ1v) is 34.5. The van der Waals surface area contributed by atoms with Gasteiger partial charge in [-0.1, -0.05) is 43.6 Å². The van der Waals surface area contributed by atoms with E-state index < -0.39 is 159 Å². The maximum atomic E-state index is 15.0. The second kappa shape index (κ2) is 33.4. The molecule has 6 amide bonds. The first-order valence-electron chi connectivity index (χ1n) is 33.7. The molecule has 13 atom stereocenters. The normalized spacial score (nSPS) is 29.8. The summed E-state index contributed by atoms with van der Waals surface area (Å²) in [6, 6.07) is 1.45. The molecule has 9 rings (SSSR count). The fourth-order valence-corrected chi connectivity index (χ4v) is 15.8. The van der Waals surface area contributed by atoms with Crippen molar-refractivity contribution < 1.29 is 84.2 Å². The molecule has 2 aromatic carbocycles. The standard InChI is InChI=1S/C66H99N11O17S/c1-36-32-77-56(57(36)86)61(90)69-31-45(81)28-47(68-30-38-10-13-40(14-11-38)62-73-74-63(95-62)41-15-17-44(18-16-41)75-24-21-66(94-4,22-25-75)42-8-6-5-7-9-42)58(87)70-53(37(2)80)64(91)76-33-46(82)29-48(76)59(88)71-54(51(85)26-39-12-19-49(83)52(27-39)93-3)60(89)72-55(65(77)92)50(84)20-23-67-43(34-78)35-79/h12,15-19,27,36-38,40,42-43,45-48,50-51,53-57,67-68,78-86H,5-11,13-14,20-26,28-35H2,1-4H3,(H,69,90)(H,70,87)(H,71,88)(H,72,89)/t36-,37+,38?,40?,45+,46+,47+,48-,50+,51+,53-,54-,55-,56-,57-/m0/s1. The van der Waals surface area contributed by atoms with Crippen LogP contribution in [-0.4, -0.2) is 259 Å². The van der Waals surface area contributed by atoms with E-state index in [9.17, 15) is 74.7 Å². The van der Waals surface area contributed by atoms with Crippen LogP contribution in [0, 0.1) is 17.8 Å². The van der Waals surface area contributed by atoms with Gasteiger partial charge in [0.05, 0.1) is 74.6 Å². The predicted molar refractivity (Wildman–Crippen MR) is 348 cm³/mol. The SMILES string of the molecule is COc1cc(C[C@@H](O)[C@@H]2NC(=O)[C@@H]3C[C@@H](O)CN3C(=O)[C@H]([C@@H](C)O)NC(=O)[C@H](NCC3CCC(c4nnc(-c5ccc(N6CCC(OC)(C7CCCCC7)CC6)cc5)s4)CC3)C[C@@H](O)CNC(=O)[C@@H]3[C@@H](O)[C@@H](C)CN3C(=O)[C@H]([C@H](O)CCNC(CO)CO)NC2=O)ccc1O. The quantitative estimate of drug-likeness (QED) is 0.0638. The van der Waals surface area contributed by atoms with Crippen molar-refractivity contribution in [3.8, 4) is 22.1 Å². The van der Waals surface area contributed by atoms with Crippen molar-refractivity contribution in [1.82, 2.24) is 51.9 Å². The van der Waals surface area contributed by atoms with Crippen LogP contribution in [0.4, 0.5) is 5.69 Å². The molecule has 6 fully saturated rings. The summed E-state index contributed by atoms with van der Waals surface area (Å²) < 4.78 is 11.5. The Morgan fingerprint density at radius 3 is 2.08 bits per heavy atom. The number of ether oxygens (including phenoxy) is 2. The Balaban J connectivity index is 0.919. The number of aromatic nitrogens is 2. The summed E-state index contributed by atoms with van der Waals surface area (Å²) in [4.78, 5) is 92.6. The minimum absolute atomic E-state index is 0.0000358. The Kier molecular flexibility index (Phi) is 25.6. The molecule has 3 aromatic rings. The molecule has 15 N–H and O–H groups in total. The summed E-state index contributed by atoms with van der Waals surface area (Å²) in [5.74, 6) is -6.43. The lowest BCUT2D eigenvalue weighted by atomic mass is 9.72. The molecular formula is C66H99N11O17S. The zero-order valence-corrected chi connectivity index (χ0v) is 55.6. The number of β-amino-alcohol motifs (C(OH)–C–C–N with tert-alkyl or cyclic N) is 1. The van der Waals surface area contributed by atoms with E-state index in [4.69, 9.17) is 9.47 Å². The van der Waals surface area contributed by atoms with Gasteiger partial charge in [0.15, 0.2) is 11.5 Å². The summed E-state index contributed by atoms with van der Waals surface area (Å²) in [7, 11) is 3.17. The monoisotopic (exact) mass is 1350 g/mol. The van der Waals surface area contributed by atoms with Gasteiger partial charge < -0.3 is 102 Å². The van der Waals surface area contributed by atoms with Gasteiger partial charge in [-0.15, -0.1) is 10.2 Å². The number of methoxy groups -OCH3 is 2. The smallest absolute Gasteiger partial charge is 0.248 e. The van der Waals surface area contributed by atoms with Crippen LogP contribution >= 0.6 is 11.3 Å². The number of carbonyl (C=O) groups is 6. The first-order chi connectivity index (χ1) is 45.5. The number of phenols is 1. The number of aromatic hydroxyl groups is 1. The van der Waals surface area contributed by atoms with E-state index in [1.165, 1.54) is 70.0 Å². The molecule has 6 aliphatic rings. The summed E-state index contributed by atoms with van der Waals surface area (Å²) in [5, 5.41) is 126. The van der Waals surface area contributed by atoms with Gasteiger partial charge in [0, 0.05) is 75.8 Å². The maximum absolute atomic E-state index is 15.0. The molecule has 0 spiro atoms. The van der Waals surface area contributed by atoms with E-state index >= 15 is 0 Å². The molecule has 0 unspecified atom stereocenters. The fraction of sp³-hybridized carbons (Fsp3) is 0.697. The maximum Gasteiger partial charge on any atom is 0.248 e. The van der Waals surface area contributed by atoms with E-state index in [0.29, 0.717) is 5.92 Å². The number of nitrogens with one attached hydrogen (secondary N) is 6. The van der Waals surface area contributed by atoms with Crippen molar-refractivity contribution in [2.24, 2.45) is 17.8 Å². The number of carbonyl (C=O) groups excluding carboxylic acids is 6. The van der Waals surface area contributed by atoms with Crippen LogP contribution in [0.25, 0.3) is 10.6 Å². The van der Waals surface area contributed by atoms with Gasteiger partial charge >= 0.3 is 0 Å². The molecule has 1 aromatic heterocycles. The Morgan fingerprint density at radius 1 is 0.747 bits per heavy atom. The number of fused-ring (bicyclic) bond motifs is 2. The number of aliphatic hydroxyl groups is 8. The third-order valence-electron chi connectivity index (χ3n) is 20.6. The van der Waals surface area contributed by atoms with Crippen molar-refractivity contribution in [1.29, 1.82) is 0 Å². The Hall–Kier alpha value is -6.22. The highest BCUT2D eigenvalue weighted by Crippen LogP contribution is 2.43. The lowest BCUT2D eigenvalue weighted by Gasteiger charge is -2.47. The van der Waals surface area contributed by atoms with Crippen LogP contribution in [-0.2, 0) is 39.9 Å². The van der Waals surface area contributed by atoms with Crippen LogP contribution in [0.2, 0.25) is 0 Å². The van der Waals surface area contributed by atoms with Crippen LogP contribution in [0.15, 0.2) is 42.5 Å². The summed E-state index contributed by atoms with van der Waals surface area (Å²) in [5.41, 5.74) is 2.40. The van der Waals surface area contributed by atoms with E-state index in [-0.39, 0.29) is 67.0 Å². The van der Waals surface area contributed by atoms with Gasteiger partial charge in [-0.3, -0.25) is 28.8 Å². The largest absolute Gasteiger partial charge is 0.504 e. The van der Waals surface area contributed by atoms with Crippen molar-refractivity contribution >= 4 is 52.5 Å². The number of anilines is 1. The van der Waals surface area contributed by atoms with E-state index in [0.717, 1.165) is 77.0 Å². The molecule has 526 valence electrons. The lowest BCUT2D eigenvalue weighted by molar-refractivity contribution is -0.147. The number of benzene rings is 2. The van der Waals surface area contributed by atoms with Crippen molar-refractivity contribution in [3.05, 3.63) is 53.0 Å². The van der Waals surface area contributed by atoms with Crippen molar-refractivity contribution in [2.45, 2.75) is 201 Å². The number of hydrogen-bond donors (Lipinski definition) is 15. The van der Waals surface area contributed by atoms with Gasteiger partial charge in [0.25, 0.3) is 0 Å². The summed E-state index contributed by atoms with van der Waals surface area (Å²) >= 11 is 1.57. The van der Waals surface area contributed by atoms with Crippen molar-refractivity contribution in [2.75, 3.05) is 78.1 Å². The molecule has 5 heterocycles. The highest BCUT2D eigenvalue weighted by Gasteiger charge is 2.50. The number of aliphatic hydroxyl groups excluding tert-OH is 8. The van der Waals surface area contributed by atoms with E-state index in [2.05, 4.69) is 71.3 Å². The highest BCUT2D eigenvalue weighted by atomic mass is 32.1. The minimum Gasteiger partial charge on any atom is -0.504 e. The van der Waals surface area contributed by atoms with Crippen LogP contribution in [0.3, 0.4) is 0 Å². The molecule has 28 nitrogen and oxygen atoms in total. The van der Waals surface area contributed by atoms with Gasteiger partial charge in [0.1, 0.15) is 40.2 Å². The zero-order valence-electron chi connectivity index (χ0n) is 54.8. The molecular weight excluding hydrogens is 1250 g/mol. The van der Waals surface area contributed by atoms with Gasteiger partial charge in [-0.05, 0) is 138 Å². The first kappa shape index (κ1) is 73.0. The number of hydrogen-bond acceptors (Lipinski definition) is 23. The highest BCUT2D eigenvalue weighted by molar-refractivity contribution is 7.14. The topological polar surface area (TPSA) is 411 Å². The van der Waals surface area contributed by atoms with Crippen molar-refractivity contribution in [3.63, 3.8) is 0 Å². The van der Waals surface area contributed by atoms with E-state index in [1.807, 2.05) is 7.11 Å². The number of amides is 6. The molecule has 4 aliphatic heterocycles. The molecule has 29 heteroatoms. The van der Waals surface area contributed by atoms with Crippen LogP contribution < -0.4 is 41.5 Å². The second-order valence-electron chi connectivity index (χ2n) is 27.0. The minimum atomic E-state index is -2.03. The number of piperidine rings is 1. The molecule has 0 radical (unpaired) electrons. The molecule has 0 bridgehead atoms. The fourth-order valence-electron chi connectivity index (χ4n) is 14.8. The molecule has 2 saturated carbocycles. The molecule has 4 saturated heterocycles. The molecule has 2 aliphatic carbocycles. The van der Waals surface area contributed by atoms with Crippen LogP contribution in [0.5, 0.6) is 11.5 Å². The average molecular weight is 1350 g/mol. The predicted octanol–water partition coefficient (Wildman–Crippen LogP) is -1.10. The Bertz CT molecular complexity index is 3050. The summed E-state index contributed by atoms with van der Waals surface area (Å²) in [6.07, 6.45) is 0.205. The molecule has 95 heavy (non-hydrogen) atoms.